The molecule has 62 valence electrons. The summed E-state index contributed by atoms with van der Waals surface area (Å²) in [6.07, 6.45) is 0. The molecule has 0 aromatic carbocycles. The number of nitrogens with two attached hydrogens (primary N) is 1. The first-order valence-corrected chi connectivity index (χ1v) is 3.91. The number of likely N-dealkylation sites (N-methyl/N-ethyl adjacent to an activating group) is 1. The van der Waals surface area contributed by atoms with E-state index in [1.165, 1.54) is 0 Å². The predicted molar refractivity (Wildman–Crippen MR) is 41.0 cm³/mol. The van der Waals surface area contributed by atoms with E-state index in [-0.39, 0.29) is 5.91 Å². The van der Waals surface area contributed by atoms with Gasteiger partial charge in [-0.1, -0.05) is 0 Å². The van der Waals surface area contributed by atoms with Gasteiger partial charge >= 0.3 is 0 Å². The standard InChI is InChI=1S/C7H13N3O/c1-9-2-6-5(9)3-10(6)4-7(8)11/h5-6H,2-4H2,1H3,(H2,8,11)/t5?,6-/m0/s1. The summed E-state index contributed by atoms with van der Waals surface area (Å²) in [5.74, 6) is -0.210. The molecule has 2 atom stereocenters. The van der Waals surface area contributed by atoms with Gasteiger partial charge in [0, 0.05) is 25.2 Å². The summed E-state index contributed by atoms with van der Waals surface area (Å²) in [5, 5.41) is 0. The number of carbonyl (C=O) groups excluding carboxylic acids is 1. The molecule has 0 aliphatic carbocycles. The lowest BCUT2D eigenvalue weighted by Gasteiger charge is -2.60. The largest absolute Gasteiger partial charge is 0.369 e. The minimum absolute atomic E-state index is 0.210. The molecule has 1 amide bonds. The lowest BCUT2D eigenvalue weighted by Crippen LogP contribution is -2.78. The summed E-state index contributed by atoms with van der Waals surface area (Å²) in [7, 11) is 2.11. The van der Waals surface area contributed by atoms with Crippen molar-refractivity contribution >= 4 is 5.91 Å². The molecule has 0 radical (unpaired) electrons. The number of hydrogen-bond acceptors (Lipinski definition) is 3. The number of rotatable bonds is 2. The van der Waals surface area contributed by atoms with Crippen LogP contribution in [0.2, 0.25) is 0 Å². The molecule has 0 spiro atoms. The molecule has 0 aromatic heterocycles. The summed E-state index contributed by atoms with van der Waals surface area (Å²) >= 11 is 0. The van der Waals surface area contributed by atoms with Gasteiger partial charge in [-0.2, -0.15) is 0 Å². The molecule has 0 saturated carbocycles. The van der Waals surface area contributed by atoms with Crippen molar-refractivity contribution in [1.82, 2.24) is 9.80 Å². The first-order chi connectivity index (χ1) is 5.18. The molecular weight excluding hydrogens is 142 g/mol. The average Bonchev–Trinajstić information content (AvgIpc) is 1.91. The molecule has 2 saturated heterocycles. The van der Waals surface area contributed by atoms with Crippen molar-refractivity contribution in [2.24, 2.45) is 5.73 Å². The second kappa shape index (κ2) is 2.19. The van der Waals surface area contributed by atoms with Crippen LogP contribution in [0.1, 0.15) is 0 Å². The Labute approximate surface area is 65.9 Å². The molecule has 0 aromatic rings. The molecule has 2 fully saturated rings. The summed E-state index contributed by atoms with van der Waals surface area (Å²) in [4.78, 5) is 15.0. The number of piperazine rings is 1. The van der Waals surface area contributed by atoms with Crippen LogP contribution >= 0.6 is 0 Å². The van der Waals surface area contributed by atoms with Crippen LogP contribution < -0.4 is 5.73 Å². The highest BCUT2D eigenvalue weighted by Gasteiger charge is 2.49. The van der Waals surface area contributed by atoms with Crippen LogP contribution in [-0.4, -0.2) is 54.5 Å². The van der Waals surface area contributed by atoms with E-state index in [2.05, 4.69) is 16.8 Å². The predicted octanol–water partition coefficient (Wildman–Crippen LogP) is -1.53. The zero-order valence-corrected chi connectivity index (χ0v) is 6.66. The first-order valence-electron chi connectivity index (χ1n) is 3.91. The van der Waals surface area contributed by atoms with Gasteiger partial charge in [-0.25, -0.2) is 0 Å². The van der Waals surface area contributed by atoms with Crippen molar-refractivity contribution in [2.45, 2.75) is 12.1 Å². The van der Waals surface area contributed by atoms with E-state index in [0.717, 1.165) is 13.1 Å². The molecular formula is C7H13N3O. The van der Waals surface area contributed by atoms with Crippen LogP contribution in [0.25, 0.3) is 0 Å². The maximum Gasteiger partial charge on any atom is 0.231 e. The fourth-order valence-corrected chi connectivity index (χ4v) is 1.95. The van der Waals surface area contributed by atoms with Crippen molar-refractivity contribution in [1.29, 1.82) is 0 Å². The zero-order chi connectivity index (χ0) is 8.01. The lowest BCUT2D eigenvalue weighted by molar-refractivity contribution is -0.135. The van der Waals surface area contributed by atoms with Crippen molar-refractivity contribution < 1.29 is 4.79 Å². The lowest BCUT2D eigenvalue weighted by atomic mass is 9.86. The van der Waals surface area contributed by atoms with Gasteiger partial charge in [-0.3, -0.25) is 14.6 Å². The number of primary amides is 1. The van der Waals surface area contributed by atoms with Crippen LogP contribution in [0.15, 0.2) is 0 Å². The molecule has 0 bridgehead atoms. The van der Waals surface area contributed by atoms with Gasteiger partial charge in [0.1, 0.15) is 0 Å². The summed E-state index contributed by atoms with van der Waals surface area (Å²) in [6, 6.07) is 1.32. The Balaban J connectivity index is 1.81. The highest BCUT2D eigenvalue weighted by atomic mass is 16.1. The van der Waals surface area contributed by atoms with E-state index in [4.69, 9.17) is 5.73 Å². The van der Waals surface area contributed by atoms with E-state index in [1.54, 1.807) is 0 Å². The fraction of sp³-hybridized carbons (Fsp3) is 0.857. The number of amides is 1. The molecule has 4 heteroatoms. The summed E-state index contributed by atoms with van der Waals surface area (Å²) in [5.41, 5.74) is 5.08. The number of carbonyl (C=O) groups is 1. The smallest absolute Gasteiger partial charge is 0.231 e. The third-order valence-corrected chi connectivity index (χ3v) is 2.73. The fourth-order valence-electron chi connectivity index (χ4n) is 1.95. The van der Waals surface area contributed by atoms with E-state index >= 15 is 0 Å². The minimum atomic E-state index is -0.210. The zero-order valence-electron chi connectivity index (χ0n) is 6.66. The van der Waals surface area contributed by atoms with Crippen LogP contribution in [0, 0.1) is 0 Å². The Morgan fingerprint density at radius 1 is 1.55 bits per heavy atom. The van der Waals surface area contributed by atoms with Gasteiger partial charge in [0.25, 0.3) is 0 Å². The van der Waals surface area contributed by atoms with Crippen LogP contribution in [0.3, 0.4) is 0 Å². The topological polar surface area (TPSA) is 49.6 Å². The molecule has 2 N–H and O–H groups in total. The third-order valence-electron chi connectivity index (χ3n) is 2.73. The van der Waals surface area contributed by atoms with E-state index in [0.29, 0.717) is 18.6 Å². The normalized spacial score (nSPS) is 37.2. The molecule has 11 heavy (non-hydrogen) atoms. The van der Waals surface area contributed by atoms with E-state index < -0.39 is 0 Å². The molecule has 2 heterocycles. The monoisotopic (exact) mass is 155 g/mol. The maximum atomic E-state index is 10.5. The Bertz CT molecular complexity index is 194. The van der Waals surface area contributed by atoms with Gasteiger partial charge in [0.2, 0.25) is 5.91 Å². The molecule has 2 aliphatic heterocycles. The van der Waals surface area contributed by atoms with Gasteiger partial charge in [-0.05, 0) is 7.05 Å². The van der Waals surface area contributed by atoms with Crippen LogP contribution in [0.5, 0.6) is 0 Å². The Morgan fingerprint density at radius 3 is 2.64 bits per heavy atom. The van der Waals surface area contributed by atoms with E-state index in [9.17, 15) is 4.79 Å². The molecule has 1 unspecified atom stereocenters. The highest BCUT2D eigenvalue weighted by molar-refractivity contribution is 5.76. The van der Waals surface area contributed by atoms with Crippen molar-refractivity contribution in [3.63, 3.8) is 0 Å². The molecule has 4 nitrogen and oxygen atoms in total. The van der Waals surface area contributed by atoms with Gasteiger partial charge in [0.15, 0.2) is 0 Å². The second-order valence-corrected chi connectivity index (χ2v) is 3.47. The van der Waals surface area contributed by atoms with E-state index in [1.807, 2.05) is 0 Å². The minimum Gasteiger partial charge on any atom is -0.369 e. The third kappa shape index (κ3) is 0.937. The quantitative estimate of drug-likeness (QED) is 0.526. The van der Waals surface area contributed by atoms with Gasteiger partial charge in [-0.15, -0.1) is 0 Å². The average molecular weight is 155 g/mol. The first kappa shape index (κ1) is 7.06. The highest BCUT2D eigenvalue weighted by Crippen LogP contribution is 2.30. The Morgan fingerprint density at radius 2 is 2.27 bits per heavy atom. The van der Waals surface area contributed by atoms with Crippen molar-refractivity contribution in [2.75, 3.05) is 26.7 Å². The Kier molecular flexibility index (Phi) is 1.40. The maximum absolute atomic E-state index is 10.5. The SMILES string of the molecule is CN1C[C@H]2C1CN2CC(N)=O. The molecule has 2 rings (SSSR count). The van der Waals surface area contributed by atoms with Gasteiger partial charge < -0.3 is 5.73 Å². The number of hydrogen-bond donors (Lipinski definition) is 1. The number of likely N-dealkylation sites (tertiary alicyclic amines) is 2. The number of fused-ring (bicyclic) bond motifs is 1. The second-order valence-electron chi connectivity index (χ2n) is 3.47. The molecule has 2 aliphatic rings. The summed E-state index contributed by atoms with van der Waals surface area (Å²) < 4.78 is 0. The van der Waals surface area contributed by atoms with Crippen molar-refractivity contribution in [3.05, 3.63) is 0 Å². The number of nitrogens with zero attached hydrogens (tertiary/aromatic N) is 2. The Hall–Kier alpha value is -0.610. The van der Waals surface area contributed by atoms with Gasteiger partial charge in [0.05, 0.1) is 6.54 Å². The van der Waals surface area contributed by atoms with Crippen molar-refractivity contribution in [3.8, 4) is 0 Å². The van der Waals surface area contributed by atoms with Crippen LogP contribution in [-0.2, 0) is 4.79 Å². The summed E-state index contributed by atoms with van der Waals surface area (Å²) in [6.45, 7) is 2.55. The van der Waals surface area contributed by atoms with Crippen LogP contribution in [0.4, 0.5) is 0 Å².